The summed E-state index contributed by atoms with van der Waals surface area (Å²) in [4.78, 5) is 28.4. The van der Waals surface area contributed by atoms with E-state index in [2.05, 4.69) is 10.2 Å². The van der Waals surface area contributed by atoms with Gasteiger partial charge in [0.15, 0.2) is 0 Å². The van der Waals surface area contributed by atoms with Crippen molar-refractivity contribution in [1.82, 2.24) is 20.0 Å². The van der Waals surface area contributed by atoms with E-state index in [-0.39, 0.29) is 30.4 Å². The van der Waals surface area contributed by atoms with Crippen molar-refractivity contribution in [3.63, 3.8) is 0 Å². The molecule has 7 nitrogen and oxygen atoms in total. The summed E-state index contributed by atoms with van der Waals surface area (Å²) in [6.45, 7) is 3.29. The molecular weight excluding hydrogens is 356 g/mol. The third-order valence-corrected chi connectivity index (χ3v) is 5.51. The number of benzene rings is 1. The van der Waals surface area contributed by atoms with Crippen molar-refractivity contribution in [2.45, 2.75) is 25.8 Å². The van der Waals surface area contributed by atoms with Crippen LogP contribution in [0.25, 0.3) is 11.3 Å². The molecule has 1 saturated heterocycles. The highest BCUT2D eigenvalue weighted by Gasteiger charge is 2.31. The molecular formula is C21H28N4O3. The van der Waals surface area contributed by atoms with Gasteiger partial charge in [0.25, 0.3) is 0 Å². The standard InChI is InChI=1S/C21H28N4O3/c1-15(18-13-19(23-22-18)16-7-5-4-6-8-16)24(2)21(27)17-9-11-25(12-10-17)20(26)14-28-3/h4-8,13,15,17H,9-12,14H2,1-3H3,(H,22,23)/t15-/m1/s1. The second-order valence-corrected chi connectivity index (χ2v) is 7.29. The van der Waals surface area contributed by atoms with Crippen LogP contribution in [0.2, 0.25) is 0 Å². The highest BCUT2D eigenvalue weighted by Crippen LogP contribution is 2.26. The Labute approximate surface area is 165 Å². The first-order chi connectivity index (χ1) is 13.5. The molecule has 0 saturated carbocycles. The zero-order valence-electron chi connectivity index (χ0n) is 16.7. The topological polar surface area (TPSA) is 78.5 Å². The number of rotatable bonds is 6. The molecule has 1 aliphatic rings. The van der Waals surface area contributed by atoms with Crippen LogP contribution in [0, 0.1) is 5.92 Å². The Morgan fingerprint density at radius 3 is 2.61 bits per heavy atom. The number of hydrogen-bond donors (Lipinski definition) is 1. The Morgan fingerprint density at radius 2 is 1.96 bits per heavy atom. The molecule has 1 aliphatic heterocycles. The maximum Gasteiger partial charge on any atom is 0.248 e. The summed E-state index contributed by atoms with van der Waals surface area (Å²) in [7, 11) is 3.35. The number of ether oxygens (including phenoxy) is 1. The maximum atomic E-state index is 13.0. The summed E-state index contributed by atoms with van der Waals surface area (Å²) in [5.74, 6) is 0.0405. The number of likely N-dealkylation sites (tertiary alicyclic amines) is 1. The van der Waals surface area contributed by atoms with E-state index in [0.717, 1.165) is 17.0 Å². The minimum atomic E-state index is -0.106. The Morgan fingerprint density at radius 1 is 1.29 bits per heavy atom. The number of carbonyl (C=O) groups excluding carboxylic acids is 2. The number of carbonyl (C=O) groups is 2. The molecule has 0 aliphatic carbocycles. The van der Waals surface area contributed by atoms with Crippen molar-refractivity contribution >= 4 is 11.8 Å². The van der Waals surface area contributed by atoms with Gasteiger partial charge in [-0.2, -0.15) is 5.10 Å². The van der Waals surface area contributed by atoms with Crippen LogP contribution in [0.1, 0.15) is 31.5 Å². The summed E-state index contributed by atoms with van der Waals surface area (Å²) < 4.78 is 4.91. The summed E-state index contributed by atoms with van der Waals surface area (Å²) in [6, 6.07) is 11.8. The maximum absolute atomic E-state index is 13.0. The summed E-state index contributed by atoms with van der Waals surface area (Å²) in [5.41, 5.74) is 2.81. The number of piperidine rings is 1. The van der Waals surface area contributed by atoms with Gasteiger partial charge >= 0.3 is 0 Å². The van der Waals surface area contributed by atoms with Gasteiger partial charge in [-0.1, -0.05) is 30.3 Å². The molecule has 0 bridgehead atoms. The van der Waals surface area contributed by atoms with Crippen molar-refractivity contribution in [1.29, 1.82) is 0 Å². The van der Waals surface area contributed by atoms with Gasteiger partial charge in [0, 0.05) is 38.7 Å². The van der Waals surface area contributed by atoms with E-state index in [1.165, 1.54) is 7.11 Å². The third kappa shape index (κ3) is 4.42. The second kappa shape index (κ2) is 9.01. The zero-order chi connectivity index (χ0) is 20.1. The van der Waals surface area contributed by atoms with Crippen LogP contribution < -0.4 is 0 Å². The van der Waals surface area contributed by atoms with E-state index >= 15 is 0 Å². The Bertz CT molecular complexity index is 797. The second-order valence-electron chi connectivity index (χ2n) is 7.29. The first-order valence-electron chi connectivity index (χ1n) is 9.65. The van der Waals surface area contributed by atoms with E-state index in [1.807, 2.05) is 50.4 Å². The minimum Gasteiger partial charge on any atom is -0.375 e. The van der Waals surface area contributed by atoms with Crippen molar-refractivity contribution in [2.24, 2.45) is 5.92 Å². The molecule has 2 amide bonds. The van der Waals surface area contributed by atoms with Crippen LogP contribution in [0.4, 0.5) is 0 Å². The molecule has 0 unspecified atom stereocenters. The van der Waals surface area contributed by atoms with Gasteiger partial charge in [-0.25, -0.2) is 0 Å². The normalized spacial score (nSPS) is 16.0. The summed E-state index contributed by atoms with van der Waals surface area (Å²) in [6.07, 6.45) is 1.37. The minimum absolute atomic E-state index is 0.0129. The van der Waals surface area contributed by atoms with Crippen LogP contribution in [-0.4, -0.2) is 65.7 Å². The molecule has 28 heavy (non-hydrogen) atoms. The first-order valence-corrected chi connectivity index (χ1v) is 9.65. The Balaban J connectivity index is 1.59. The van der Waals surface area contributed by atoms with Crippen molar-refractivity contribution in [3.05, 3.63) is 42.1 Å². The summed E-state index contributed by atoms with van der Waals surface area (Å²) >= 11 is 0. The zero-order valence-corrected chi connectivity index (χ0v) is 16.7. The lowest BCUT2D eigenvalue weighted by Gasteiger charge is -2.34. The van der Waals surface area contributed by atoms with Crippen LogP contribution >= 0.6 is 0 Å². The van der Waals surface area contributed by atoms with Crippen molar-refractivity contribution < 1.29 is 14.3 Å². The van der Waals surface area contributed by atoms with Gasteiger partial charge in [0.2, 0.25) is 11.8 Å². The first kappa shape index (κ1) is 20.1. The lowest BCUT2D eigenvalue weighted by Crippen LogP contribution is -2.45. The van der Waals surface area contributed by atoms with Gasteiger partial charge in [-0.05, 0) is 25.8 Å². The summed E-state index contributed by atoms with van der Waals surface area (Å²) in [5, 5.41) is 7.46. The molecule has 2 heterocycles. The van der Waals surface area contributed by atoms with Crippen LogP contribution in [0.5, 0.6) is 0 Å². The fourth-order valence-electron chi connectivity index (χ4n) is 3.59. The third-order valence-electron chi connectivity index (χ3n) is 5.51. The average Bonchev–Trinajstić information content (AvgIpc) is 3.23. The van der Waals surface area contributed by atoms with Gasteiger partial charge in [0.05, 0.1) is 17.4 Å². The number of methoxy groups -OCH3 is 1. The molecule has 3 rings (SSSR count). The van der Waals surface area contributed by atoms with Gasteiger partial charge in [-0.15, -0.1) is 0 Å². The van der Waals surface area contributed by atoms with E-state index in [9.17, 15) is 9.59 Å². The molecule has 0 radical (unpaired) electrons. The van der Waals surface area contributed by atoms with Crippen LogP contribution in [-0.2, 0) is 14.3 Å². The largest absolute Gasteiger partial charge is 0.375 e. The number of aromatic amines is 1. The van der Waals surface area contributed by atoms with Crippen molar-refractivity contribution in [3.8, 4) is 11.3 Å². The lowest BCUT2D eigenvalue weighted by atomic mass is 9.94. The van der Waals surface area contributed by atoms with E-state index in [1.54, 1.807) is 9.80 Å². The fraction of sp³-hybridized carbons (Fsp3) is 0.476. The SMILES string of the molecule is COCC(=O)N1CCC(C(=O)N(C)[C@H](C)c2cc(-c3ccccc3)n[nH]2)CC1. The van der Waals surface area contributed by atoms with Crippen molar-refractivity contribution in [2.75, 3.05) is 33.9 Å². The van der Waals surface area contributed by atoms with Gasteiger partial charge in [-0.3, -0.25) is 14.7 Å². The van der Waals surface area contributed by atoms with E-state index in [0.29, 0.717) is 25.9 Å². The Hall–Kier alpha value is -2.67. The lowest BCUT2D eigenvalue weighted by molar-refractivity contribution is -0.142. The highest BCUT2D eigenvalue weighted by molar-refractivity contribution is 5.80. The number of aromatic nitrogens is 2. The molecule has 1 aromatic carbocycles. The molecule has 7 heteroatoms. The number of nitrogens with zero attached hydrogens (tertiary/aromatic N) is 3. The van der Waals surface area contributed by atoms with Gasteiger partial charge in [0.1, 0.15) is 6.61 Å². The average molecular weight is 384 g/mol. The molecule has 1 N–H and O–H groups in total. The number of hydrogen-bond acceptors (Lipinski definition) is 4. The number of amides is 2. The molecule has 0 spiro atoms. The number of nitrogens with one attached hydrogen (secondary N) is 1. The monoisotopic (exact) mass is 384 g/mol. The number of H-pyrrole nitrogens is 1. The van der Waals surface area contributed by atoms with Crippen LogP contribution in [0.15, 0.2) is 36.4 Å². The molecule has 150 valence electrons. The molecule has 1 fully saturated rings. The fourth-order valence-corrected chi connectivity index (χ4v) is 3.59. The smallest absolute Gasteiger partial charge is 0.248 e. The predicted octanol–water partition coefficient (Wildman–Crippen LogP) is 2.48. The van der Waals surface area contributed by atoms with E-state index < -0.39 is 0 Å². The molecule has 1 atom stereocenters. The highest BCUT2D eigenvalue weighted by atomic mass is 16.5. The Kier molecular flexibility index (Phi) is 6.46. The van der Waals surface area contributed by atoms with E-state index in [4.69, 9.17) is 4.74 Å². The van der Waals surface area contributed by atoms with Gasteiger partial charge < -0.3 is 14.5 Å². The predicted molar refractivity (Wildman–Crippen MR) is 106 cm³/mol. The molecule has 2 aromatic rings. The van der Waals surface area contributed by atoms with Crippen LogP contribution in [0.3, 0.4) is 0 Å². The quantitative estimate of drug-likeness (QED) is 0.830. The molecule has 1 aromatic heterocycles.